The zero-order valence-electron chi connectivity index (χ0n) is 15.9. The average Bonchev–Trinajstić information content (AvgIpc) is 3.08. The first-order chi connectivity index (χ1) is 12.9. The van der Waals surface area contributed by atoms with Crippen LogP contribution in [0.5, 0.6) is 0 Å². The number of halogens is 1. The number of benzene rings is 2. The molecule has 1 N–H and O–H groups in total. The van der Waals surface area contributed by atoms with Crippen LogP contribution in [-0.2, 0) is 11.2 Å². The predicted molar refractivity (Wildman–Crippen MR) is 109 cm³/mol. The Morgan fingerprint density at radius 1 is 1.30 bits per heavy atom. The fourth-order valence-corrected chi connectivity index (χ4v) is 3.77. The second-order valence-corrected chi connectivity index (χ2v) is 7.80. The maximum atomic E-state index is 13.0. The molecular formula is C22H27ClN2O2. The second kappa shape index (κ2) is 8.87. The number of β-amino-alcohol motifs (C(OH)–C–C–N with tert-alkyl or cyclic N) is 1. The summed E-state index contributed by atoms with van der Waals surface area (Å²) in [4.78, 5) is 17.0. The Labute approximate surface area is 166 Å². The molecule has 0 saturated carbocycles. The van der Waals surface area contributed by atoms with Gasteiger partial charge in [0.15, 0.2) is 0 Å². The Bertz CT molecular complexity index is 781. The van der Waals surface area contributed by atoms with Gasteiger partial charge in [-0.15, -0.1) is 0 Å². The number of amides is 1. The molecule has 2 aromatic carbocycles. The number of hydrogen-bond donors (Lipinski definition) is 1. The minimum Gasteiger partial charge on any atom is -0.392 e. The molecule has 1 saturated heterocycles. The largest absolute Gasteiger partial charge is 0.392 e. The molecule has 0 bridgehead atoms. The number of rotatable bonds is 6. The number of aryl methyl sites for hydroxylation is 1. The first kappa shape index (κ1) is 19.9. The molecule has 1 heterocycles. The molecular weight excluding hydrogens is 360 g/mol. The third kappa shape index (κ3) is 5.10. The lowest BCUT2D eigenvalue weighted by Gasteiger charge is -2.32. The van der Waals surface area contributed by atoms with Crippen LogP contribution < -0.4 is 0 Å². The van der Waals surface area contributed by atoms with E-state index in [4.69, 9.17) is 11.6 Å². The second-order valence-electron chi connectivity index (χ2n) is 7.39. The molecule has 1 amide bonds. The van der Waals surface area contributed by atoms with Gasteiger partial charge < -0.3 is 10.0 Å². The SMILES string of the molecule is Cc1ccc(CC(=O)N(C)[C@H](CN2CC[C@H](O)C2)c2ccccc2)cc1Cl. The number of aliphatic hydroxyl groups excluding tert-OH is 1. The molecule has 144 valence electrons. The molecule has 0 unspecified atom stereocenters. The summed E-state index contributed by atoms with van der Waals surface area (Å²) in [5.74, 6) is 0.0588. The topological polar surface area (TPSA) is 43.8 Å². The van der Waals surface area contributed by atoms with Gasteiger partial charge in [0, 0.05) is 31.7 Å². The van der Waals surface area contributed by atoms with Crippen LogP contribution in [-0.4, -0.2) is 53.6 Å². The molecule has 0 radical (unpaired) electrons. The molecule has 1 aliphatic rings. The van der Waals surface area contributed by atoms with E-state index in [1.165, 1.54) is 0 Å². The predicted octanol–water partition coefficient (Wildman–Crippen LogP) is 3.46. The van der Waals surface area contributed by atoms with E-state index in [0.717, 1.165) is 36.2 Å². The molecule has 0 aromatic heterocycles. The quantitative estimate of drug-likeness (QED) is 0.826. The zero-order chi connectivity index (χ0) is 19.4. The first-order valence-electron chi connectivity index (χ1n) is 9.40. The molecule has 1 fully saturated rings. The highest BCUT2D eigenvalue weighted by atomic mass is 35.5. The maximum absolute atomic E-state index is 13.0. The van der Waals surface area contributed by atoms with Gasteiger partial charge in [0.25, 0.3) is 0 Å². The van der Waals surface area contributed by atoms with E-state index in [0.29, 0.717) is 18.0 Å². The van der Waals surface area contributed by atoms with Crippen molar-refractivity contribution in [2.24, 2.45) is 0 Å². The van der Waals surface area contributed by atoms with E-state index in [2.05, 4.69) is 17.0 Å². The van der Waals surface area contributed by atoms with E-state index < -0.39 is 0 Å². The number of carbonyl (C=O) groups is 1. The van der Waals surface area contributed by atoms with E-state index in [1.54, 1.807) is 0 Å². The van der Waals surface area contributed by atoms with Crippen molar-refractivity contribution < 1.29 is 9.90 Å². The standard InChI is InChI=1S/C22H27ClN2O2/c1-16-8-9-17(12-20(16)23)13-22(27)24(2)21(18-6-4-3-5-7-18)15-25-11-10-19(26)14-25/h3-9,12,19,21,26H,10-11,13-15H2,1-2H3/t19-,21+/m0/s1. The van der Waals surface area contributed by atoms with Gasteiger partial charge >= 0.3 is 0 Å². The molecule has 5 heteroatoms. The third-order valence-electron chi connectivity index (χ3n) is 5.32. The summed E-state index contributed by atoms with van der Waals surface area (Å²) >= 11 is 6.21. The lowest BCUT2D eigenvalue weighted by atomic mass is 10.0. The van der Waals surface area contributed by atoms with Crippen LogP contribution in [0.25, 0.3) is 0 Å². The van der Waals surface area contributed by atoms with Crippen molar-refractivity contribution in [2.45, 2.75) is 31.9 Å². The van der Waals surface area contributed by atoms with Crippen molar-refractivity contribution in [3.63, 3.8) is 0 Å². The molecule has 1 aliphatic heterocycles. The van der Waals surface area contributed by atoms with Gasteiger partial charge in [0.1, 0.15) is 0 Å². The Kier molecular flexibility index (Phi) is 6.53. The van der Waals surface area contributed by atoms with Crippen LogP contribution in [0.4, 0.5) is 0 Å². The van der Waals surface area contributed by atoms with Gasteiger partial charge in [-0.05, 0) is 36.1 Å². The molecule has 4 nitrogen and oxygen atoms in total. The highest BCUT2D eigenvalue weighted by Crippen LogP contribution is 2.24. The van der Waals surface area contributed by atoms with Gasteiger partial charge in [-0.2, -0.15) is 0 Å². The summed E-state index contributed by atoms with van der Waals surface area (Å²) in [7, 11) is 1.86. The van der Waals surface area contributed by atoms with Crippen LogP contribution in [0.2, 0.25) is 5.02 Å². The van der Waals surface area contributed by atoms with E-state index in [9.17, 15) is 9.90 Å². The molecule has 2 aromatic rings. The molecule has 0 spiro atoms. The summed E-state index contributed by atoms with van der Waals surface area (Å²) in [6.07, 6.45) is 0.848. The first-order valence-corrected chi connectivity index (χ1v) is 9.78. The number of carbonyl (C=O) groups excluding carboxylic acids is 1. The summed E-state index contributed by atoms with van der Waals surface area (Å²) in [6, 6.07) is 15.8. The molecule has 3 rings (SSSR count). The number of likely N-dealkylation sites (N-methyl/N-ethyl adjacent to an activating group) is 1. The number of nitrogens with zero attached hydrogens (tertiary/aromatic N) is 2. The van der Waals surface area contributed by atoms with Gasteiger partial charge in [-0.1, -0.05) is 54.1 Å². The van der Waals surface area contributed by atoms with Crippen molar-refractivity contribution in [1.82, 2.24) is 9.80 Å². The van der Waals surface area contributed by atoms with Gasteiger partial charge in [-0.3, -0.25) is 9.69 Å². The molecule has 27 heavy (non-hydrogen) atoms. The van der Waals surface area contributed by atoms with Gasteiger partial charge in [0.05, 0.1) is 18.6 Å². The van der Waals surface area contributed by atoms with Crippen molar-refractivity contribution in [1.29, 1.82) is 0 Å². The average molecular weight is 387 g/mol. The smallest absolute Gasteiger partial charge is 0.227 e. The number of aliphatic hydroxyl groups is 1. The Hall–Kier alpha value is -1.88. The van der Waals surface area contributed by atoms with Crippen LogP contribution in [0.3, 0.4) is 0 Å². The van der Waals surface area contributed by atoms with Crippen molar-refractivity contribution in [3.8, 4) is 0 Å². The fraction of sp³-hybridized carbons (Fsp3) is 0.409. The van der Waals surface area contributed by atoms with E-state index >= 15 is 0 Å². The van der Waals surface area contributed by atoms with Crippen LogP contribution in [0.1, 0.15) is 29.2 Å². The Morgan fingerprint density at radius 3 is 2.67 bits per heavy atom. The minimum atomic E-state index is -0.267. The van der Waals surface area contributed by atoms with Crippen LogP contribution >= 0.6 is 11.6 Å². The van der Waals surface area contributed by atoms with Gasteiger partial charge in [-0.25, -0.2) is 0 Å². The lowest BCUT2D eigenvalue weighted by Crippen LogP contribution is -2.39. The summed E-state index contributed by atoms with van der Waals surface area (Å²) in [6.45, 7) is 4.20. The fourth-order valence-electron chi connectivity index (χ4n) is 3.57. The van der Waals surface area contributed by atoms with Crippen molar-refractivity contribution in [2.75, 3.05) is 26.7 Å². The Balaban J connectivity index is 1.75. The number of hydrogen-bond acceptors (Lipinski definition) is 3. The maximum Gasteiger partial charge on any atom is 0.227 e. The Morgan fingerprint density at radius 2 is 2.04 bits per heavy atom. The minimum absolute atomic E-state index is 0.0510. The number of likely N-dealkylation sites (tertiary alicyclic amines) is 1. The van der Waals surface area contributed by atoms with Crippen LogP contribution in [0.15, 0.2) is 48.5 Å². The third-order valence-corrected chi connectivity index (χ3v) is 5.72. The molecule has 2 atom stereocenters. The van der Waals surface area contributed by atoms with Crippen molar-refractivity contribution in [3.05, 3.63) is 70.2 Å². The van der Waals surface area contributed by atoms with Crippen molar-refractivity contribution >= 4 is 17.5 Å². The van der Waals surface area contributed by atoms with Crippen LogP contribution in [0, 0.1) is 6.92 Å². The van der Waals surface area contributed by atoms with Gasteiger partial charge in [0.2, 0.25) is 5.91 Å². The monoisotopic (exact) mass is 386 g/mol. The summed E-state index contributed by atoms with van der Waals surface area (Å²) < 4.78 is 0. The van der Waals surface area contributed by atoms with E-state index in [-0.39, 0.29) is 18.1 Å². The lowest BCUT2D eigenvalue weighted by molar-refractivity contribution is -0.131. The highest BCUT2D eigenvalue weighted by molar-refractivity contribution is 6.31. The summed E-state index contributed by atoms with van der Waals surface area (Å²) in [5.41, 5.74) is 3.04. The normalized spacial score (nSPS) is 18.4. The highest BCUT2D eigenvalue weighted by Gasteiger charge is 2.28. The van der Waals surface area contributed by atoms with E-state index in [1.807, 2.05) is 55.3 Å². The zero-order valence-corrected chi connectivity index (χ0v) is 16.7. The summed E-state index contributed by atoms with van der Waals surface area (Å²) in [5, 5.41) is 10.5. The molecule has 0 aliphatic carbocycles.